The Kier molecular flexibility index (Phi) is 3.42. The van der Waals surface area contributed by atoms with Gasteiger partial charge < -0.3 is 15.2 Å². The van der Waals surface area contributed by atoms with Crippen LogP contribution in [-0.2, 0) is 0 Å². The number of nitrogens with one attached hydrogen (secondary N) is 2. The summed E-state index contributed by atoms with van der Waals surface area (Å²) in [5, 5.41) is 17.4. The maximum absolute atomic E-state index is 12.8. The summed E-state index contributed by atoms with van der Waals surface area (Å²) in [6.07, 6.45) is 1.46. The molecule has 0 amide bonds. The fourth-order valence-corrected chi connectivity index (χ4v) is 1.64. The van der Waals surface area contributed by atoms with Gasteiger partial charge in [0.15, 0.2) is 11.6 Å². The van der Waals surface area contributed by atoms with Crippen molar-refractivity contribution in [3.05, 3.63) is 48.1 Å². The van der Waals surface area contributed by atoms with Crippen molar-refractivity contribution in [1.29, 1.82) is 0 Å². The average Bonchev–Trinajstić information content (AvgIpc) is 2.87. The zero-order valence-electron chi connectivity index (χ0n) is 11.0. The lowest BCUT2D eigenvalue weighted by atomic mass is 10.3. The van der Waals surface area contributed by atoms with Crippen molar-refractivity contribution in [2.75, 3.05) is 10.6 Å². The van der Waals surface area contributed by atoms with Gasteiger partial charge in [0.25, 0.3) is 0 Å². The third-order valence-electron chi connectivity index (χ3n) is 2.54. The van der Waals surface area contributed by atoms with Crippen LogP contribution >= 0.6 is 0 Å². The van der Waals surface area contributed by atoms with E-state index in [9.17, 15) is 4.39 Å². The van der Waals surface area contributed by atoms with E-state index in [1.165, 1.54) is 18.3 Å². The fraction of sp³-hybridized carbons (Fsp3) is 0.0769. The molecule has 0 radical (unpaired) electrons. The Hall–Kier alpha value is -3.03. The van der Waals surface area contributed by atoms with Gasteiger partial charge in [0.1, 0.15) is 11.6 Å². The van der Waals surface area contributed by atoms with Crippen LogP contribution in [0.15, 0.2) is 41.1 Å². The molecule has 2 heterocycles. The number of benzene rings is 1. The first-order chi connectivity index (χ1) is 10.2. The van der Waals surface area contributed by atoms with Gasteiger partial charge in [-0.2, -0.15) is 10.1 Å². The lowest BCUT2D eigenvalue weighted by molar-refractivity contribution is 0.400. The number of halogens is 1. The molecular formula is C13H11FN6O. The minimum Gasteiger partial charge on any atom is -0.360 e. The van der Waals surface area contributed by atoms with Crippen LogP contribution in [0.25, 0.3) is 0 Å². The topological polar surface area (TPSA) is 88.8 Å². The highest BCUT2D eigenvalue weighted by Crippen LogP contribution is 2.16. The van der Waals surface area contributed by atoms with Crippen molar-refractivity contribution >= 4 is 23.3 Å². The van der Waals surface area contributed by atoms with E-state index in [4.69, 9.17) is 4.52 Å². The third kappa shape index (κ3) is 3.30. The van der Waals surface area contributed by atoms with E-state index in [1.54, 1.807) is 25.1 Å². The van der Waals surface area contributed by atoms with Crippen molar-refractivity contribution in [2.45, 2.75) is 6.92 Å². The molecule has 0 spiro atoms. The van der Waals surface area contributed by atoms with Crippen molar-refractivity contribution < 1.29 is 8.91 Å². The SMILES string of the molecule is Cc1cc(Nc2cnnc(Nc3ccc(F)cc3)n2)no1. The predicted molar refractivity (Wildman–Crippen MR) is 74.0 cm³/mol. The van der Waals surface area contributed by atoms with E-state index in [2.05, 4.69) is 31.0 Å². The standard InChI is InChI=1S/C13H11FN6O/c1-8-6-11(20-21-8)17-12-7-15-19-13(18-12)16-10-4-2-9(14)3-5-10/h2-7H,1H3,(H2,16,17,18,19,20). The van der Waals surface area contributed by atoms with Gasteiger partial charge in [-0.05, 0) is 31.2 Å². The van der Waals surface area contributed by atoms with Crippen molar-refractivity contribution in [2.24, 2.45) is 0 Å². The molecule has 0 aliphatic heterocycles. The maximum Gasteiger partial charge on any atom is 0.249 e. The summed E-state index contributed by atoms with van der Waals surface area (Å²) in [4.78, 5) is 4.22. The Labute approximate surface area is 119 Å². The van der Waals surface area contributed by atoms with Gasteiger partial charge in [-0.3, -0.25) is 0 Å². The van der Waals surface area contributed by atoms with Crippen LogP contribution in [0.4, 0.5) is 27.7 Å². The predicted octanol–water partition coefficient (Wildman–Crippen LogP) is 2.79. The quantitative estimate of drug-likeness (QED) is 0.762. The summed E-state index contributed by atoms with van der Waals surface area (Å²) in [6, 6.07) is 7.58. The summed E-state index contributed by atoms with van der Waals surface area (Å²) >= 11 is 0. The van der Waals surface area contributed by atoms with Crippen molar-refractivity contribution in [3.63, 3.8) is 0 Å². The molecule has 0 unspecified atom stereocenters. The van der Waals surface area contributed by atoms with Crippen LogP contribution in [0.3, 0.4) is 0 Å². The molecule has 1 aromatic carbocycles. The number of aryl methyl sites for hydroxylation is 1. The van der Waals surface area contributed by atoms with Gasteiger partial charge in [0.2, 0.25) is 5.95 Å². The van der Waals surface area contributed by atoms with Gasteiger partial charge in [0, 0.05) is 11.8 Å². The van der Waals surface area contributed by atoms with Gasteiger partial charge >= 0.3 is 0 Å². The third-order valence-corrected chi connectivity index (χ3v) is 2.54. The Morgan fingerprint density at radius 1 is 1.10 bits per heavy atom. The minimum atomic E-state index is -0.309. The van der Waals surface area contributed by atoms with Crippen LogP contribution in [0.1, 0.15) is 5.76 Å². The van der Waals surface area contributed by atoms with E-state index < -0.39 is 0 Å². The second-order valence-corrected chi connectivity index (χ2v) is 4.24. The monoisotopic (exact) mass is 286 g/mol. The van der Waals surface area contributed by atoms with Gasteiger partial charge in [-0.1, -0.05) is 5.16 Å². The first-order valence-electron chi connectivity index (χ1n) is 6.12. The Morgan fingerprint density at radius 3 is 2.62 bits per heavy atom. The fourth-order valence-electron chi connectivity index (χ4n) is 1.64. The molecule has 0 aliphatic carbocycles. The Morgan fingerprint density at radius 2 is 1.90 bits per heavy atom. The molecule has 3 aromatic rings. The van der Waals surface area contributed by atoms with Crippen LogP contribution < -0.4 is 10.6 Å². The summed E-state index contributed by atoms with van der Waals surface area (Å²) < 4.78 is 17.8. The number of hydrogen-bond donors (Lipinski definition) is 2. The smallest absolute Gasteiger partial charge is 0.249 e. The molecule has 0 saturated carbocycles. The highest BCUT2D eigenvalue weighted by molar-refractivity contribution is 5.56. The lowest BCUT2D eigenvalue weighted by Crippen LogP contribution is -2.02. The number of hydrogen-bond acceptors (Lipinski definition) is 7. The zero-order chi connectivity index (χ0) is 14.7. The van der Waals surface area contributed by atoms with E-state index in [1.807, 2.05) is 0 Å². The lowest BCUT2D eigenvalue weighted by Gasteiger charge is -2.05. The van der Waals surface area contributed by atoms with Gasteiger partial charge in [-0.15, -0.1) is 5.10 Å². The first-order valence-corrected chi connectivity index (χ1v) is 6.12. The second-order valence-electron chi connectivity index (χ2n) is 4.24. The molecular weight excluding hydrogens is 275 g/mol. The van der Waals surface area contributed by atoms with E-state index in [-0.39, 0.29) is 11.8 Å². The maximum atomic E-state index is 12.8. The largest absolute Gasteiger partial charge is 0.360 e. The molecule has 3 rings (SSSR count). The molecule has 0 fully saturated rings. The summed E-state index contributed by atoms with van der Waals surface area (Å²) in [5.41, 5.74) is 0.660. The number of rotatable bonds is 4. The molecule has 0 atom stereocenters. The molecule has 106 valence electrons. The van der Waals surface area contributed by atoms with Crippen LogP contribution in [0.2, 0.25) is 0 Å². The summed E-state index contributed by atoms with van der Waals surface area (Å²) in [7, 11) is 0. The normalized spacial score (nSPS) is 10.4. The summed E-state index contributed by atoms with van der Waals surface area (Å²) in [6.45, 7) is 1.79. The molecule has 2 aromatic heterocycles. The molecule has 8 heteroatoms. The molecule has 0 saturated heterocycles. The highest BCUT2D eigenvalue weighted by atomic mass is 19.1. The van der Waals surface area contributed by atoms with Crippen LogP contribution in [0.5, 0.6) is 0 Å². The molecule has 21 heavy (non-hydrogen) atoms. The van der Waals surface area contributed by atoms with Gasteiger partial charge in [0.05, 0.1) is 6.20 Å². The number of aromatic nitrogens is 4. The highest BCUT2D eigenvalue weighted by Gasteiger charge is 2.05. The molecule has 7 nitrogen and oxygen atoms in total. The zero-order valence-corrected chi connectivity index (χ0v) is 11.0. The molecule has 2 N–H and O–H groups in total. The van der Waals surface area contributed by atoms with Crippen LogP contribution in [0, 0.1) is 12.7 Å². The van der Waals surface area contributed by atoms with E-state index in [0.29, 0.717) is 23.1 Å². The minimum absolute atomic E-state index is 0.284. The molecule has 0 aliphatic rings. The van der Waals surface area contributed by atoms with Gasteiger partial charge in [-0.25, -0.2) is 4.39 Å². The number of anilines is 4. The Balaban J connectivity index is 1.75. The first kappa shape index (κ1) is 13.0. The Bertz CT molecular complexity index is 742. The van der Waals surface area contributed by atoms with Crippen LogP contribution in [-0.4, -0.2) is 20.3 Å². The van der Waals surface area contributed by atoms with E-state index in [0.717, 1.165) is 0 Å². The number of nitrogens with zero attached hydrogens (tertiary/aromatic N) is 4. The second kappa shape index (κ2) is 5.53. The van der Waals surface area contributed by atoms with Crippen molar-refractivity contribution in [3.8, 4) is 0 Å². The van der Waals surface area contributed by atoms with Crippen molar-refractivity contribution in [1.82, 2.24) is 20.3 Å². The average molecular weight is 286 g/mol. The molecule has 0 bridgehead atoms. The van der Waals surface area contributed by atoms with E-state index >= 15 is 0 Å². The summed E-state index contributed by atoms with van der Waals surface area (Å²) in [5.74, 6) is 1.65.